The molecule has 2 atom stereocenters. The number of rotatable bonds is 4. The number of carbonyl (C=O) groups excluding carboxylic acids is 1. The van der Waals surface area contributed by atoms with Gasteiger partial charge in [0.2, 0.25) is 5.91 Å². The molecule has 0 bridgehead atoms. The van der Waals surface area contributed by atoms with E-state index in [1.54, 1.807) is 23.1 Å². The highest BCUT2D eigenvalue weighted by atomic mass is 35.5. The van der Waals surface area contributed by atoms with Crippen molar-refractivity contribution in [3.8, 4) is 0 Å². The highest BCUT2D eigenvalue weighted by Gasteiger charge is 2.37. The Hall–Kier alpha value is -1.63. The first-order chi connectivity index (χ1) is 14.0. The number of nitrogens with zero attached hydrogens (tertiary/aromatic N) is 1. The molecular weight excluding hydrogens is 409 g/mol. The Balaban J connectivity index is 1.66. The lowest BCUT2D eigenvalue weighted by molar-refractivity contribution is -0.137. The second-order valence-electron chi connectivity index (χ2n) is 7.77. The van der Waals surface area contributed by atoms with Crippen LogP contribution in [0, 0.1) is 0 Å². The standard InChI is InChI=1S/C22H25Cl2N3O2/c1-13-16-4-2-5-17(14-10-25-26-11-14)18(16)8-15(12-28)27(13)22(29)9-19-20(23)6-3-7-21(19)24/h2-7,13-15,25-26,28H,8-12H2,1H3/t13-,15+/m0/s1. The number of hydrogen-bond acceptors (Lipinski definition) is 4. The largest absolute Gasteiger partial charge is 0.394 e. The molecule has 4 rings (SSSR count). The maximum atomic E-state index is 13.3. The lowest BCUT2D eigenvalue weighted by atomic mass is 9.82. The Morgan fingerprint density at radius 2 is 1.72 bits per heavy atom. The number of hydrazine groups is 1. The number of nitrogens with one attached hydrogen (secondary N) is 2. The minimum Gasteiger partial charge on any atom is -0.394 e. The van der Waals surface area contributed by atoms with Gasteiger partial charge in [-0.05, 0) is 47.7 Å². The van der Waals surface area contributed by atoms with Crippen LogP contribution in [0.5, 0.6) is 0 Å². The van der Waals surface area contributed by atoms with E-state index in [4.69, 9.17) is 23.2 Å². The number of fused-ring (bicyclic) bond motifs is 1. The Morgan fingerprint density at radius 1 is 1.10 bits per heavy atom. The molecule has 1 amide bonds. The fourth-order valence-electron chi connectivity index (χ4n) is 4.63. The molecule has 0 radical (unpaired) electrons. The molecule has 29 heavy (non-hydrogen) atoms. The zero-order chi connectivity index (χ0) is 20.5. The SMILES string of the molecule is C[C@H]1c2cccc(C3CNNC3)c2C[C@H](CO)N1C(=O)Cc1c(Cl)cccc1Cl. The molecule has 1 fully saturated rings. The van der Waals surface area contributed by atoms with Gasteiger partial charge in [-0.15, -0.1) is 0 Å². The first kappa shape index (κ1) is 20.6. The van der Waals surface area contributed by atoms with E-state index >= 15 is 0 Å². The third-order valence-corrected chi connectivity index (χ3v) is 6.81. The molecule has 0 saturated carbocycles. The minimum atomic E-state index is -0.269. The van der Waals surface area contributed by atoms with Gasteiger partial charge in [-0.3, -0.25) is 15.6 Å². The molecule has 2 aliphatic rings. The Labute approximate surface area is 181 Å². The van der Waals surface area contributed by atoms with Crippen LogP contribution in [0.4, 0.5) is 0 Å². The molecule has 5 nitrogen and oxygen atoms in total. The molecule has 0 unspecified atom stereocenters. The molecular formula is C22H25Cl2N3O2. The summed E-state index contributed by atoms with van der Waals surface area (Å²) >= 11 is 12.6. The average Bonchev–Trinajstić information content (AvgIpc) is 3.24. The summed E-state index contributed by atoms with van der Waals surface area (Å²) in [5.41, 5.74) is 10.7. The molecule has 0 aromatic heterocycles. The number of amides is 1. The summed E-state index contributed by atoms with van der Waals surface area (Å²) in [6.45, 7) is 3.70. The number of aliphatic hydroxyl groups excluding tert-OH is 1. The number of hydrogen-bond donors (Lipinski definition) is 3. The molecule has 0 spiro atoms. The van der Waals surface area contributed by atoms with Gasteiger partial charge in [0, 0.05) is 29.1 Å². The minimum absolute atomic E-state index is 0.0770. The predicted octanol–water partition coefficient (Wildman–Crippen LogP) is 3.23. The van der Waals surface area contributed by atoms with Gasteiger partial charge in [-0.1, -0.05) is 47.5 Å². The van der Waals surface area contributed by atoms with E-state index in [9.17, 15) is 9.90 Å². The fourth-order valence-corrected chi connectivity index (χ4v) is 5.16. The molecule has 2 heterocycles. The quantitative estimate of drug-likeness (QED) is 0.692. The van der Waals surface area contributed by atoms with Gasteiger partial charge in [0.05, 0.1) is 25.1 Å². The van der Waals surface area contributed by atoms with Crippen LogP contribution in [0.15, 0.2) is 36.4 Å². The van der Waals surface area contributed by atoms with Gasteiger partial charge in [0.25, 0.3) is 0 Å². The topological polar surface area (TPSA) is 64.6 Å². The van der Waals surface area contributed by atoms with Crippen molar-refractivity contribution in [3.05, 3.63) is 68.7 Å². The fraction of sp³-hybridized carbons (Fsp3) is 0.409. The maximum Gasteiger partial charge on any atom is 0.227 e. The van der Waals surface area contributed by atoms with Gasteiger partial charge in [0.1, 0.15) is 0 Å². The van der Waals surface area contributed by atoms with Gasteiger partial charge >= 0.3 is 0 Å². The first-order valence-electron chi connectivity index (χ1n) is 9.93. The van der Waals surface area contributed by atoms with E-state index in [0.29, 0.717) is 27.9 Å². The lowest BCUT2D eigenvalue weighted by Gasteiger charge is -2.42. The Kier molecular flexibility index (Phi) is 6.13. The summed E-state index contributed by atoms with van der Waals surface area (Å²) in [4.78, 5) is 15.1. The predicted molar refractivity (Wildman–Crippen MR) is 115 cm³/mol. The van der Waals surface area contributed by atoms with Crippen LogP contribution in [0.1, 0.15) is 41.1 Å². The lowest BCUT2D eigenvalue weighted by Crippen LogP contribution is -2.49. The maximum absolute atomic E-state index is 13.3. The molecule has 7 heteroatoms. The van der Waals surface area contributed by atoms with Crippen molar-refractivity contribution in [2.24, 2.45) is 0 Å². The summed E-state index contributed by atoms with van der Waals surface area (Å²) < 4.78 is 0. The van der Waals surface area contributed by atoms with Gasteiger partial charge in [0.15, 0.2) is 0 Å². The third-order valence-electron chi connectivity index (χ3n) is 6.10. The van der Waals surface area contributed by atoms with Crippen molar-refractivity contribution in [1.29, 1.82) is 0 Å². The van der Waals surface area contributed by atoms with Crippen molar-refractivity contribution in [2.45, 2.75) is 37.8 Å². The zero-order valence-electron chi connectivity index (χ0n) is 16.3. The molecule has 2 aromatic carbocycles. The molecule has 3 N–H and O–H groups in total. The number of benzene rings is 2. The zero-order valence-corrected chi connectivity index (χ0v) is 17.8. The van der Waals surface area contributed by atoms with Crippen molar-refractivity contribution < 1.29 is 9.90 Å². The van der Waals surface area contributed by atoms with Crippen molar-refractivity contribution >= 4 is 29.1 Å². The smallest absolute Gasteiger partial charge is 0.227 e. The summed E-state index contributed by atoms with van der Waals surface area (Å²) in [6, 6.07) is 11.2. The number of carbonyl (C=O) groups is 1. The van der Waals surface area contributed by atoms with Crippen molar-refractivity contribution in [1.82, 2.24) is 15.8 Å². The molecule has 1 saturated heterocycles. The van der Waals surface area contributed by atoms with Crippen LogP contribution in [-0.2, 0) is 17.6 Å². The second-order valence-corrected chi connectivity index (χ2v) is 8.58. The first-order valence-corrected chi connectivity index (χ1v) is 10.7. The monoisotopic (exact) mass is 433 g/mol. The summed E-state index contributed by atoms with van der Waals surface area (Å²) in [7, 11) is 0. The van der Waals surface area contributed by atoms with E-state index in [-0.39, 0.29) is 31.0 Å². The van der Waals surface area contributed by atoms with Crippen molar-refractivity contribution in [3.63, 3.8) is 0 Å². The third kappa shape index (κ3) is 3.90. The van der Waals surface area contributed by atoms with E-state index in [0.717, 1.165) is 18.7 Å². The van der Waals surface area contributed by atoms with Crippen LogP contribution < -0.4 is 10.9 Å². The van der Waals surface area contributed by atoms with Crippen LogP contribution in [0.25, 0.3) is 0 Å². The molecule has 2 aliphatic heterocycles. The van der Waals surface area contributed by atoms with Crippen LogP contribution in [0.2, 0.25) is 10.0 Å². The Morgan fingerprint density at radius 3 is 2.38 bits per heavy atom. The Bertz CT molecular complexity index is 895. The summed E-state index contributed by atoms with van der Waals surface area (Å²) in [5.74, 6) is 0.312. The van der Waals surface area contributed by atoms with Crippen LogP contribution in [-0.4, -0.2) is 41.7 Å². The van der Waals surface area contributed by atoms with Crippen LogP contribution >= 0.6 is 23.2 Å². The number of aliphatic hydroxyl groups is 1. The van der Waals surface area contributed by atoms with E-state index in [1.807, 2.05) is 6.92 Å². The van der Waals surface area contributed by atoms with Gasteiger partial charge in [-0.2, -0.15) is 0 Å². The second kappa shape index (κ2) is 8.62. The normalized spacial score (nSPS) is 22.0. The van der Waals surface area contributed by atoms with E-state index < -0.39 is 0 Å². The average molecular weight is 434 g/mol. The van der Waals surface area contributed by atoms with E-state index in [2.05, 4.69) is 29.1 Å². The van der Waals surface area contributed by atoms with Gasteiger partial charge in [-0.25, -0.2) is 0 Å². The molecule has 0 aliphatic carbocycles. The van der Waals surface area contributed by atoms with Crippen LogP contribution in [0.3, 0.4) is 0 Å². The van der Waals surface area contributed by atoms with E-state index in [1.165, 1.54) is 11.1 Å². The highest BCUT2D eigenvalue weighted by Crippen LogP contribution is 2.38. The summed E-state index contributed by atoms with van der Waals surface area (Å²) in [6.07, 6.45) is 0.760. The molecule has 2 aromatic rings. The highest BCUT2D eigenvalue weighted by molar-refractivity contribution is 6.36. The van der Waals surface area contributed by atoms with Gasteiger partial charge < -0.3 is 10.0 Å². The number of halogens is 2. The summed E-state index contributed by atoms with van der Waals surface area (Å²) in [5, 5.41) is 11.1. The molecule has 154 valence electrons. The van der Waals surface area contributed by atoms with Crippen molar-refractivity contribution in [2.75, 3.05) is 19.7 Å².